The Morgan fingerprint density at radius 1 is 1.00 bits per heavy atom. The van der Waals surface area contributed by atoms with Gasteiger partial charge in [0.2, 0.25) is 0 Å². The SMILES string of the molecule is Nc1cc(Sc2ccc(I)cc2)ccc1Cl. The first-order valence-electron chi connectivity index (χ1n) is 4.63. The first kappa shape index (κ1) is 12.1. The number of anilines is 1. The Morgan fingerprint density at radius 3 is 2.25 bits per heavy atom. The van der Waals surface area contributed by atoms with Gasteiger partial charge in [-0.3, -0.25) is 0 Å². The molecular formula is C12H9ClINS. The van der Waals surface area contributed by atoms with E-state index in [-0.39, 0.29) is 0 Å². The largest absolute Gasteiger partial charge is 0.397 e. The lowest BCUT2D eigenvalue weighted by Crippen LogP contribution is -1.86. The molecule has 1 nitrogen and oxygen atoms in total. The van der Waals surface area contributed by atoms with Gasteiger partial charge in [0.05, 0.1) is 10.7 Å². The third-order valence-corrected chi connectivity index (χ3v) is 4.08. The summed E-state index contributed by atoms with van der Waals surface area (Å²) < 4.78 is 1.23. The minimum Gasteiger partial charge on any atom is -0.397 e. The Labute approximate surface area is 118 Å². The molecule has 16 heavy (non-hydrogen) atoms. The standard InChI is InChI=1S/C12H9ClINS/c13-11-6-5-10(7-12(11)15)16-9-3-1-8(14)2-4-9/h1-7H,15H2. The van der Waals surface area contributed by atoms with Crippen LogP contribution in [0.3, 0.4) is 0 Å². The van der Waals surface area contributed by atoms with Gasteiger partial charge in [0, 0.05) is 13.4 Å². The van der Waals surface area contributed by atoms with Gasteiger partial charge in [-0.1, -0.05) is 23.4 Å². The number of halogens is 2. The van der Waals surface area contributed by atoms with Crippen molar-refractivity contribution in [3.8, 4) is 0 Å². The minimum absolute atomic E-state index is 0.604. The molecule has 0 aromatic heterocycles. The third-order valence-electron chi connectivity index (χ3n) is 2.02. The molecule has 2 aromatic carbocycles. The van der Waals surface area contributed by atoms with E-state index in [4.69, 9.17) is 17.3 Å². The summed E-state index contributed by atoms with van der Waals surface area (Å²) in [7, 11) is 0. The molecule has 0 radical (unpaired) electrons. The highest BCUT2D eigenvalue weighted by molar-refractivity contribution is 14.1. The maximum atomic E-state index is 5.87. The highest BCUT2D eigenvalue weighted by Gasteiger charge is 2.00. The molecule has 0 aliphatic heterocycles. The van der Waals surface area contributed by atoms with Crippen molar-refractivity contribution in [3.63, 3.8) is 0 Å². The predicted octanol–water partition coefficient (Wildman–Crippen LogP) is 4.68. The molecule has 0 bridgehead atoms. The van der Waals surface area contributed by atoms with Crippen LogP contribution in [0.4, 0.5) is 5.69 Å². The molecule has 4 heteroatoms. The molecule has 0 spiro atoms. The second-order valence-electron chi connectivity index (χ2n) is 3.24. The Balaban J connectivity index is 2.20. The van der Waals surface area contributed by atoms with Crippen molar-refractivity contribution < 1.29 is 0 Å². The van der Waals surface area contributed by atoms with Crippen molar-refractivity contribution in [2.75, 3.05) is 5.73 Å². The molecule has 0 fully saturated rings. The monoisotopic (exact) mass is 361 g/mol. The molecule has 82 valence electrons. The Hall–Kier alpha value is -0.390. The molecule has 2 aromatic rings. The van der Waals surface area contributed by atoms with Crippen molar-refractivity contribution in [1.29, 1.82) is 0 Å². The molecule has 0 atom stereocenters. The number of nitrogen functional groups attached to an aromatic ring is 1. The zero-order valence-corrected chi connectivity index (χ0v) is 12.0. The number of benzene rings is 2. The first-order valence-corrected chi connectivity index (χ1v) is 6.91. The quantitative estimate of drug-likeness (QED) is 0.621. The molecule has 0 saturated heterocycles. The van der Waals surface area contributed by atoms with Crippen LogP contribution in [0.2, 0.25) is 5.02 Å². The Bertz CT molecular complexity index is 499. The highest BCUT2D eigenvalue weighted by atomic mass is 127. The molecule has 0 heterocycles. The van der Waals surface area contributed by atoms with E-state index in [0.717, 1.165) is 4.90 Å². The van der Waals surface area contributed by atoms with Crippen molar-refractivity contribution in [2.45, 2.75) is 9.79 Å². The van der Waals surface area contributed by atoms with E-state index in [2.05, 4.69) is 46.9 Å². The van der Waals surface area contributed by atoms with Gasteiger partial charge in [-0.05, 0) is 65.1 Å². The maximum absolute atomic E-state index is 5.87. The summed E-state index contributed by atoms with van der Waals surface area (Å²) in [4.78, 5) is 2.30. The van der Waals surface area contributed by atoms with Crippen LogP contribution in [0, 0.1) is 3.57 Å². The number of nitrogens with two attached hydrogens (primary N) is 1. The van der Waals surface area contributed by atoms with Crippen LogP contribution in [0.1, 0.15) is 0 Å². The zero-order valence-electron chi connectivity index (χ0n) is 8.28. The molecule has 0 saturated carbocycles. The van der Waals surface area contributed by atoms with Crippen LogP contribution in [-0.4, -0.2) is 0 Å². The van der Waals surface area contributed by atoms with Gasteiger partial charge in [0.15, 0.2) is 0 Å². The summed E-state index contributed by atoms with van der Waals surface area (Å²) in [5.41, 5.74) is 6.37. The second kappa shape index (κ2) is 5.29. The van der Waals surface area contributed by atoms with Crippen molar-refractivity contribution in [1.82, 2.24) is 0 Å². The van der Waals surface area contributed by atoms with E-state index in [0.29, 0.717) is 10.7 Å². The molecule has 0 aliphatic carbocycles. The lowest BCUT2D eigenvalue weighted by Gasteiger charge is -2.04. The summed E-state index contributed by atoms with van der Waals surface area (Å²) in [6, 6.07) is 14.1. The number of rotatable bonds is 2. The summed E-state index contributed by atoms with van der Waals surface area (Å²) in [5, 5.41) is 0.604. The van der Waals surface area contributed by atoms with E-state index in [1.165, 1.54) is 8.47 Å². The number of hydrogen-bond donors (Lipinski definition) is 1. The van der Waals surface area contributed by atoms with Crippen molar-refractivity contribution >= 4 is 51.6 Å². The Kier molecular flexibility index (Phi) is 4.00. The lowest BCUT2D eigenvalue weighted by molar-refractivity contribution is 1.40. The fourth-order valence-electron chi connectivity index (χ4n) is 1.22. The second-order valence-corrected chi connectivity index (χ2v) is 6.04. The lowest BCUT2D eigenvalue weighted by atomic mass is 10.3. The molecule has 0 unspecified atom stereocenters. The molecule has 2 N–H and O–H groups in total. The average Bonchev–Trinajstić information content (AvgIpc) is 2.27. The van der Waals surface area contributed by atoms with Crippen molar-refractivity contribution in [2.24, 2.45) is 0 Å². The normalized spacial score (nSPS) is 10.4. The van der Waals surface area contributed by atoms with E-state index >= 15 is 0 Å². The predicted molar refractivity (Wildman–Crippen MR) is 79.1 cm³/mol. The number of hydrogen-bond acceptors (Lipinski definition) is 2. The van der Waals surface area contributed by atoms with Gasteiger partial charge in [-0.2, -0.15) is 0 Å². The van der Waals surface area contributed by atoms with Crippen LogP contribution in [-0.2, 0) is 0 Å². The molecular weight excluding hydrogens is 353 g/mol. The Morgan fingerprint density at radius 2 is 1.62 bits per heavy atom. The third kappa shape index (κ3) is 3.06. The van der Waals surface area contributed by atoms with Gasteiger partial charge in [-0.15, -0.1) is 0 Å². The van der Waals surface area contributed by atoms with Crippen LogP contribution >= 0.6 is 46.0 Å². The van der Waals surface area contributed by atoms with Crippen LogP contribution in [0.25, 0.3) is 0 Å². The summed E-state index contributed by atoms with van der Waals surface area (Å²) in [5.74, 6) is 0. The van der Waals surface area contributed by atoms with Gasteiger partial charge in [-0.25, -0.2) is 0 Å². The average molecular weight is 362 g/mol. The zero-order chi connectivity index (χ0) is 11.5. The molecule has 0 amide bonds. The maximum Gasteiger partial charge on any atom is 0.0636 e. The summed E-state index contributed by atoms with van der Waals surface area (Å²) in [6.07, 6.45) is 0. The summed E-state index contributed by atoms with van der Waals surface area (Å²) in [6.45, 7) is 0. The highest BCUT2D eigenvalue weighted by Crippen LogP contribution is 2.31. The van der Waals surface area contributed by atoms with E-state index in [1.807, 2.05) is 18.2 Å². The first-order chi connectivity index (χ1) is 7.65. The van der Waals surface area contributed by atoms with E-state index in [1.54, 1.807) is 11.8 Å². The topological polar surface area (TPSA) is 26.0 Å². The van der Waals surface area contributed by atoms with E-state index < -0.39 is 0 Å². The fraction of sp³-hybridized carbons (Fsp3) is 0. The molecule has 2 rings (SSSR count). The van der Waals surface area contributed by atoms with Crippen LogP contribution < -0.4 is 5.73 Å². The van der Waals surface area contributed by atoms with Crippen molar-refractivity contribution in [3.05, 3.63) is 51.1 Å². The van der Waals surface area contributed by atoms with Gasteiger partial charge in [0.25, 0.3) is 0 Å². The minimum atomic E-state index is 0.604. The van der Waals surface area contributed by atoms with Gasteiger partial charge >= 0.3 is 0 Å². The smallest absolute Gasteiger partial charge is 0.0636 e. The van der Waals surface area contributed by atoms with Gasteiger partial charge < -0.3 is 5.73 Å². The molecule has 0 aliphatic rings. The summed E-state index contributed by atoms with van der Waals surface area (Å²) >= 11 is 9.84. The fourth-order valence-corrected chi connectivity index (χ4v) is 2.57. The van der Waals surface area contributed by atoms with Gasteiger partial charge in [0.1, 0.15) is 0 Å². The van der Waals surface area contributed by atoms with Crippen LogP contribution in [0.15, 0.2) is 52.3 Å². The van der Waals surface area contributed by atoms with E-state index in [9.17, 15) is 0 Å². The van der Waals surface area contributed by atoms with Crippen LogP contribution in [0.5, 0.6) is 0 Å².